The molecule has 0 spiro atoms. The van der Waals surface area contributed by atoms with E-state index >= 15 is 0 Å². The number of rotatable bonds is 3. The van der Waals surface area contributed by atoms with Crippen molar-refractivity contribution in [2.75, 3.05) is 0 Å². The summed E-state index contributed by atoms with van der Waals surface area (Å²) >= 11 is 0. The van der Waals surface area contributed by atoms with Gasteiger partial charge in [0.05, 0.1) is 0 Å². The monoisotopic (exact) mass is 248 g/mol. The first kappa shape index (κ1) is 13.4. The number of hydrogen-bond acceptors (Lipinski definition) is 2. The maximum absolute atomic E-state index is 11.6. The number of allylic oxidation sites excluding steroid dienone is 3. The van der Waals surface area contributed by atoms with Crippen LogP contribution < -0.4 is 0 Å². The number of carbonyl (C=O) groups excluding carboxylic acids is 1. The lowest BCUT2D eigenvalue weighted by Crippen LogP contribution is -2.31. The third-order valence-electron chi connectivity index (χ3n) is 3.91. The zero-order chi connectivity index (χ0) is 13.3. The molecule has 100 valence electrons. The summed E-state index contributed by atoms with van der Waals surface area (Å²) in [5.41, 5.74) is 1.20. The molecule has 18 heavy (non-hydrogen) atoms. The summed E-state index contributed by atoms with van der Waals surface area (Å²) in [5.74, 6) is 1.85. The first-order chi connectivity index (χ1) is 8.39. The molecule has 3 atom stereocenters. The maximum Gasteiger partial charge on any atom is 0.330 e. The molecule has 0 aromatic carbocycles. The molecule has 1 unspecified atom stereocenters. The van der Waals surface area contributed by atoms with Gasteiger partial charge >= 0.3 is 5.97 Å². The maximum atomic E-state index is 11.6. The quantitative estimate of drug-likeness (QED) is 0.430. The Bertz CT molecular complexity index is 384. The summed E-state index contributed by atoms with van der Waals surface area (Å²) in [6.07, 6.45) is 9.77. The average Bonchev–Trinajstić information content (AvgIpc) is 2.54. The van der Waals surface area contributed by atoms with Gasteiger partial charge in [0.25, 0.3) is 0 Å². The van der Waals surface area contributed by atoms with Crippen LogP contribution in [0.15, 0.2) is 23.8 Å². The number of ether oxygens (including phenoxy) is 1. The van der Waals surface area contributed by atoms with Gasteiger partial charge in [0.15, 0.2) is 0 Å². The van der Waals surface area contributed by atoms with Gasteiger partial charge in [-0.1, -0.05) is 24.6 Å². The lowest BCUT2D eigenvalue weighted by Gasteiger charge is -2.38. The van der Waals surface area contributed by atoms with Crippen LogP contribution in [0.25, 0.3) is 0 Å². The van der Waals surface area contributed by atoms with Crippen LogP contribution in [0.5, 0.6) is 0 Å². The van der Waals surface area contributed by atoms with E-state index in [1.165, 1.54) is 19.3 Å². The minimum absolute atomic E-state index is 0.219. The van der Waals surface area contributed by atoms with E-state index in [0.717, 1.165) is 5.92 Å². The molecular formula is C16H24O2. The van der Waals surface area contributed by atoms with E-state index in [1.54, 1.807) is 11.6 Å². The van der Waals surface area contributed by atoms with E-state index < -0.39 is 5.60 Å². The Morgan fingerprint density at radius 3 is 2.83 bits per heavy atom. The van der Waals surface area contributed by atoms with Gasteiger partial charge in [-0.05, 0) is 57.8 Å². The van der Waals surface area contributed by atoms with Crippen molar-refractivity contribution in [3.63, 3.8) is 0 Å². The van der Waals surface area contributed by atoms with Gasteiger partial charge in [0.2, 0.25) is 0 Å². The van der Waals surface area contributed by atoms with Crippen LogP contribution in [0, 0.1) is 17.8 Å². The Labute approximate surface area is 110 Å². The highest BCUT2D eigenvalue weighted by atomic mass is 16.6. The van der Waals surface area contributed by atoms with Crippen LogP contribution in [0.4, 0.5) is 0 Å². The van der Waals surface area contributed by atoms with Gasteiger partial charge in [-0.25, -0.2) is 4.79 Å². The minimum Gasteiger partial charge on any atom is -0.457 e. The van der Waals surface area contributed by atoms with Crippen molar-refractivity contribution in [1.29, 1.82) is 0 Å². The number of carbonyl (C=O) groups is 1. The summed E-state index contributed by atoms with van der Waals surface area (Å²) in [4.78, 5) is 11.6. The van der Waals surface area contributed by atoms with Crippen LogP contribution in [-0.2, 0) is 9.53 Å². The van der Waals surface area contributed by atoms with E-state index in [-0.39, 0.29) is 5.97 Å². The van der Waals surface area contributed by atoms with E-state index in [4.69, 9.17) is 4.74 Å². The molecule has 0 bridgehead atoms. The van der Waals surface area contributed by atoms with E-state index in [0.29, 0.717) is 11.8 Å². The Morgan fingerprint density at radius 2 is 2.22 bits per heavy atom. The molecule has 0 heterocycles. The SMILES string of the molecule is CCC1=C[C@@H]2C(C=CC(=O)OC(C)(C)C)C[C@@H]2C1. The molecule has 0 saturated heterocycles. The molecule has 2 aliphatic rings. The Morgan fingerprint density at radius 1 is 1.50 bits per heavy atom. The predicted molar refractivity (Wildman–Crippen MR) is 73.1 cm³/mol. The van der Waals surface area contributed by atoms with Crippen molar-refractivity contribution >= 4 is 5.97 Å². The van der Waals surface area contributed by atoms with Crippen LogP contribution >= 0.6 is 0 Å². The Kier molecular flexibility index (Phi) is 3.65. The second-order valence-electron chi connectivity index (χ2n) is 6.51. The fourth-order valence-electron chi connectivity index (χ4n) is 2.98. The highest BCUT2D eigenvalue weighted by Crippen LogP contribution is 2.50. The van der Waals surface area contributed by atoms with Crippen molar-refractivity contribution in [3.05, 3.63) is 23.8 Å². The molecule has 2 rings (SSSR count). The molecule has 2 heteroatoms. The van der Waals surface area contributed by atoms with Crippen molar-refractivity contribution in [2.45, 2.75) is 52.6 Å². The lowest BCUT2D eigenvalue weighted by atomic mass is 9.66. The molecule has 2 nitrogen and oxygen atoms in total. The molecule has 0 aromatic heterocycles. The normalized spacial score (nSPS) is 30.9. The Balaban J connectivity index is 1.85. The highest BCUT2D eigenvalue weighted by molar-refractivity contribution is 5.82. The van der Waals surface area contributed by atoms with Gasteiger partial charge in [-0.3, -0.25) is 0 Å². The van der Waals surface area contributed by atoms with E-state index in [2.05, 4.69) is 13.0 Å². The van der Waals surface area contributed by atoms with Crippen molar-refractivity contribution < 1.29 is 9.53 Å². The van der Waals surface area contributed by atoms with E-state index in [9.17, 15) is 4.79 Å². The summed E-state index contributed by atoms with van der Waals surface area (Å²) in [5, 5.41) is 0. The second-order valence-corrected chi connectivity index (χ2v) is 6.51. The largest absolute Gasteiger partial charge is 0.457 e. The molecule has 1 saturated carbocycles. The van der Waals surface area contributed by atoms with Crippen molar-refractivity contribution in [2.24, 2.45) is 17.8 Å². The highest BCUT2D eigenvalue weighted by Gasteiger charge is 2.41. The topological polar surface area (TPSA) is 26.3 Å². The fraction of sp³-hybridized carbons (Fsp3) is 0.688. The zero-order valence-corrected chi connectivity index (χ0v) is 11.9. The summed E-state index contributed by atoms with van der Waals surface area (Å²) in [7, 11) is 0. The number of hydrogen-bond donors (Lipinski definition) is 0. The van der Waals surface area contributed by atoms with E-state index in [1.807, 2.05) is 26.8 Å². The standard InChI is InChI=1S/C16H24O2/c1-5-11-8-13-10-12(14(13)9-11)6-7-15(17)18-16(2,3)4/h6-7,9,12-14H,5,8,10H2,1-4H3/t12?,13-,14+/m0/s1. The molecule has 0 amide bonds. The number of fused-ring (bicyclic) bond motifs is 1. The molecule has 0 aliphatic heterocycles. The lowest BCUT2D eigenvalue weighted by molar-refractivity contribution is -0.148. The van der Waals surface area contributed by atoms with Gasteiger partial charge in [-0.15, -0.1) is 0 Å². The molecule has 1 fully saturated rings. The predicted octanol–water partition coefficient (Wildman–Crippen LogP) is 3.88. The fourth-order valence-corrected chi connectivity index (χ4v) is 2.98. The molecule has 0 radical (unpaired) electrons. The first-order valence-electron chi connectivity index (χ1n) is 7.00. The first-order valence-corrected chi connectivity index (χ1v) is 7.00. The second kappa shape index (κ2) is 4.91. The van der Waals surface area contributed by atoms with Gasteiger partial charge in [-0.2, -0.15) is 0 Å². The van der Waals surface area contributed by atoms with Crippen LogP contribution in [0.1, 0.15) is 47.0 Å². The summed E-state index contributed by atoms with van der Waals surface area (Å²) in [6.45, 7) is 7.91. The smallest absolute Gasteiger partial charge is 0.330 e. The zero-order valence-electron chi connectivity index (χ0n) is 11.9. The Hall–Kier alpha value is -1.05. The van der Waals surface area contributed by atoms with Crippen LogP contribution in [-0.4, -0.2) is 11.6 Å². The summed E-state index contributed by atoms with van der Waals surface area (Å²) in [6, 6.07) is 0. The van der Waals surface area contributed by atoms with Crippen LogP contribution in [0.2, 0.25) is 0 Å². The van der Waals surface area contributed by atoms with Crippen molar-refractivity contribution in [1.82, 2.24) is 0 Å². The van der Waals surface area contributed by atoms with Gasteiger partial charge in [0.1, 0.15) is 5.60 Å². The number of esters is 1. The molecule has 2 aliphatic carbocycles. The van der Waals surface area contributed by atoms with Gasteiger partial charge < -0.3 is 4.74 Å². The summed E-state index contributed by atoms with van der Waals surface area (Å²) < 4.78 is 5.27. The average molecular weight is 248 g/mol. The minimum atomic E-state index is -0.397. The molecule has 0 N–H and O–H groups in total. The third kappa shape index (κ3) is 3.04. The molecular weight excluding hydrogens is 224 g/mol. The van der Waals surface area contributed by atoms with Crippen LogP contribution in [0.3, 0.4) is 0 Å². The van der Waals surface area contributed by atoms with Gasteiger partial charge in [0, 0.05) is 6.08 Å². The molecule has 0 aromatic rings. The van der Waals surface area contributed by atoms with Crippen molar-refractivity contribution in [3.8, 4) is 0 Å². The third-order valence-corrected chi connectivity index (χ3v) is 3.91.